The van der Waals surface area contributed by atoms with Crippen molar-refractivity contribution < 1.29 is 61.9 Å². The molecule has 1 saturated heterocycles. The summed E-state index contributed by atoms with van der Waals surface area (Å²) in [6.45, 7) is 8.83. The summed E-state index contributed by atoms with van der Waals surface area (Å²) in [6, 6.07) is 2.78. The van der Waals surface area contributed by atoms with Gasteiger partial charge in [-0.25, -0.2) is 9.59 Å². The third-order valence-electron chi connectivity index (χ3n) is 9.89. The molecular weight excluding hydrogens is 592 g/mol. The van der Waals surface area contributed by atoms with Gasteiger partial charge in [-0.05, 0) is 45.7 Å². The normalized spacial score (nSPS) is 35.5. The van der Waals surface area contributed by atoms with E-state index in [9.17, 15) is 29.4 Å². The van der Waals surface area contributed by atoms with E-state index in [-0.39, 0.29) is 24.0 Å². The minimum Gasteiger partial charge on any atom is -0.472 e. The highest BCUT2D eigenvalue weighted by Crippen LogP contribution is 2.68. The van der Waals surface area contributed by atoms with Gasteiger partial charge in [-0.1, -0.05) is 13.8 Å². The third-order valence-corrected chi connectivity index (χ3v) is 9.89. The van der Waals surface area contributed by atoms with Gasteiger partial charge in [0.2, 0.25) is 0 Å². The molecule has 45 heavy (non-hydrogen) atoms. The number of hydrogen-bond donors (Lipinski definition) is 2. The van der Waals surface area contributed by atoms with Crippen LogP contribution in [-0.2, 0) is 33.3 Å². The van der Waals surface area contributed by atoms with Crippen LogP contribution in [0.1, 0.15) is 81.5 Å². The van der Waals surface area contributed by atoms with Crippen LogP contribution in [0.25, 0.3) is 0 Å². The minimum absolute atomic E-state index is 0.0450. The average Bonchev–Trinajstić information content (AvgIpc) is 3.72. The van der Waals surface area contributed by atoms with E-state index in [4.69, 9.17) is 32.5 Å². The van der Waals surface area contributed by atoms with Gasteiger partial charge in [-0.3, -0.25) is 9.59 Å². The molecule has 246 valence electrons. The van der Waals surface area contributed by atoms with Gasteiger partial charge in [0.15, 0.2) is 6.10 Å². The van der Waals surface area contributed by atoms with Crippen molar-refractivity contribution in [1.82, 2.24) is 0 Å². The monoisotopic (exact) mass is 632 g/mol. The van der Waals surface area contributed by atoms with Crippen LogP contribution >= 0.6 is 0 Å². The van der Waals surface area contributed by atoms with E-state index in [1.807, 2.05) is 0 Å². The predicted molar refractivity (Wildman–Crippen MR) is 151 cm³/mol. The van der Waals surface area contributed by atoms with Crippen molar-refractivity contribution in [3.05, 3.63) is 48.3 Å². The highest BCUT2D eigenvalue weighted by molar-refractivity contribution is 5.89. The van der Waals surface area contributed by atoms with E-state index in [1.54, 1.807) is 27.7 Å². The summed E-state index contributed by atoms with van der Waals surface area (Å²) >= 11 is 0. The van der Waals surface area contributed by atoms with Crippen LogP contribution in [0.5, 0.6) is 0 Å². The standard InChI is InChI=1S/C32H40O13/c1-7-17(2)26(35)44-25-22(42-27(36)19-8-10-39-14-19)13-30(6,38)32-24(34)21(29(4,5)45-32)12-23(31(25,32)16-41-18(3)33)43-28(37)20-9-11-40-15-20/h8-11,14-15,17,21-25,34,38H,7,12-13,16H2,1-6H3/t17-,21-,22+,23?,24-,25+,30+,31-,32+/m1/s1. The van der Waals surface area contributed by atoms with Gasteiger partial charge in [-0.2, -0.15) is 0 Å². The van der Waals surface area contributed by atoms with Crippen LogP contribution in [0.4, 0.5) is 0 Å². The maximum Gasteiger partial charge on any atom is 0.341 e. The molecular formula is C32H40O13. The summed E-state index contributed by atoms with van der Waals surface area (Å²) in [5.74, 6) is -4.39. The maximum absolute atomic E-state index is 13.6. The van der Waals surface area contributed by atoms with Crippen LogP contribution < -0.4 is 0 Å². The number of hydrogen-bond acceptors (Lipinski definition) is 13. The van der Waals surface area contributed by atoms with Crippen LogP contribution in [0.2, 0.25) is 0 Å². The minimum atomic E-state index is -2.05. The second-order valence-corrected chi connectivity index (χ2v) is 13.1. The lowest BCUT2D eigenvalue weighted by molar-refractivity contribution is -0.354. The molecule has 1 spiro atoms. The van der Waals surface area contributed by atoms with Crippen LogP contribution in [0, 0.1) is 17.3 Å². The van der Waals surface area contributed by atoms with Crippen molar-refractivity contribution in [2.24, 2.45) is 17.3 Å². The van der Waals surface area contributed by atoms with E-state index >= 15 is 0 Å². The maximum atomic E-state index is 13.6. The topological polar surface area (TPSA) is 181 Å². The number of carbonyl (C=O) groups is 4. The summed E-state index contributed by atoms with van der Waals surface area (Å²) in [4.78, 5) is 52.8. The second kappa shape index (κ2) is 11.6. The molecule has 0 aromatic carbocycles. The lowest BCUT2D eigenvalue weighted by Gasteiger charge is -2.65. The zero-order chi connectivity index (χ0) is 32.9. The molecule has 2 bridgehead atoms. The fourth-order valence-corrected chi connectivity index (χ4v) is 7.50. The van der Waals surface area contributed by atoms with Crippen molar-refractivity contribution in [3.63, 3.8) is 0 Å². The van der Waals surface area contributed by atoms with Crippen LogP contribution in [-0.4, -0.2) is 81.9 Å². The zero-order valence-corrected chi connectivity index (χ0v) is 26.1. The highest BCUT2D eigenvalue weighted by atomic mass is 16.6. The largest absolute Gasteiger partial charge is 0.472 e. The van der Waals surface area contributed by atoms with Crippen LogP contribution in [0.15, 0.2) is 46.0 Å². The molecule has 13 heteroatoms. The van der Waals surface area contributed by atoms with Gasteiger partial charge >= 0.3 is 23.9 Å². The second-order valence-electron chi connectivity index (χ2n) is 13.1. The summed E-state index contributed by atoms with van der Waals surface area (Å²) in [5, 5.41) is 24.5. The summed E-state index contributed by atoms with van der Waals surface area (Å²) in [6.07, 6.45) is -0.715. The van der Waals surface area contributed by atoms with E-state index < -0.39 is 89.0 Å². The molecule has 5 rings (SSSR count). The lowest BCUT2D eigenvalue weighted by Crippen LogP contribution is -2.83. The summed E-state index contributed by atoms with van der Waals surface area (Å²) in [5.41, 5.74) is -7.05. The van der Waals surface area contributed by atoms with Gasteiger partial charge in [0.25, 0.3) is 0 Å². The molecule has 3 heterocycles. The van der Waals surface area contributed by atoms with Gasteiger partial charge in [0, 0.05) is 19.3 Å². The highest BCUT2D eigenvalue weighted by Gasteiger charge is 2.85. The summed E-state index contributed by atoms with van der Waals surface area (Å²) in [7, 11) is 0. The van der Waals surface area contributed by atoms with Crippen molar-refractivity contribution in [3.8, 4) is 0 Å². The average molecular weight is 633 g/mol. The molecule has 2 N–H and O–H groups in total. The zero-order valence-electron chi connectivity index (χ0n) is 26.1. The number of carbonyl (C=O) groups excluding carboxylic acids is 4. The number of aliphatic hydroxyl groups excluding tert-OH is 1. The Bertz CT molecular complexity index is 1410. The molecule has 13 nitrogen and oxygen atoms in total. The predicted octanol–water partition coefficient (Wildman–Crippen LogP) is 3.21. The summed E-state index contributed by atoms with van der Waals surface area (Å²) < 4.78 is 40.7. The van der Waals surface area contributed by atoms with Crippen LogP contribution in [0.3, 0.4) is 0 Å². The molecule has 0 radical (unpaired) electrons. The SMILES string of the molecule is CC[C@@H](C)C(=O)O[C@H]1[C@@H](OC(=O)c2ccoc2)C[C@](C)(O)[C@]23OC(C)(C)[C@H](CC(OC(=O)c4ccoc4)[C@]12COC(C)=O)[C@H]3O. The molecule has 9 atom stereocenters. The number of rotatable bonds is 9. The number of ether oxygens (including phenoxy) is 5. The smallest absolute Gasteiger partial charge is 0.341 e. The van der Waals surface area contributed by atoms with Gasteiger partial charge in [0.1, 0.15) is 42.4 Å². The molecule has 1 aliphatic heterocycles. The lowest BCUT2D eigenvalue weighted by atomic mass is 9.46. The van der Waals surface area contributed by atoms with Gasteiger partial charge < -0.3 is 42.7 Å². The fraction of sp³-hybridized carbons (Fsp3) is 0.625. The van der Waals surface area contributed by atoms with Crippen molar-refractivity contribution in [2.45, 2.75) is 102 Å². The quantitative estimate of drug-likeness (QED) is 0.304. The molecule has 2 aromatic heterocycles. The van der Waals surface area contributed by atoms with Gasteiger partial charge in [-0.15, -0.1) is 0 Å². The number of furan rings is 2. The van der Waals surface area contributed by atoms with E-state index in [0.29, 0.717) is 6.42 Å². The molecule has 3 aliphatic rings. The Morgan fingerprint density at radius 2 is 1.60 bits per heavy atom. The number of fused-ring (bicyclic) bond motifs is 1. The molecule has 2 saturated carbocycles. The number of aliphatic hydroxyl groups is 2. The number of esters is 4. The molecule has 1 unspecified atom stereocenters. The first kappa shape index (κ1) is 32.7. The Hall–Kier alpha value is -3.68. The van der Waals surface area contributed by atoms with E-state index in [0.717, 1.165) is 6.92 Å². The van der Waals surface area contributed by atoms with E-state index in [1.165, 1.54) is 44.1 Å². The Labute approximate surface area is 260 Å². The third kappa shape index (κ3) is 5.14. The van der Waals surface area contributed by atoms with E-state index in [2.05, 4.69) is 0 Å². The first-order chi connectivity index (χ1) is 21.1. The Morgan fingerprint density at radius 1 is 1.00 bits per heavy atom. The van der Waals surface area contributed by atoms with Gasteiger partial charge in [0.05, 0.1) is 46.9 Å². The van der Waals surface area contributed by atoms with Crippen molar-refractivity contribution in [1.29, 1.82) is 0 Å². The van der Waals surface area contributed by atoms with Crippen molar-refractivity contribution >= 4 is 23.9 Å². The first-order valence-electron chi connectivity index (χ1n) is 15.0. The molecule has 3 fully saturated rings. The first-order valence-corrected chi connectivity index (χ1v) is 15.0. The fourth-order valence-electron chi connectivity index (χ4n) is 7.50. The Morgan fingerprint density at radius 3 is 2.13 bits per heavy atom. The molecule has 2 aliphatic carbocycles. The Kier molecular flexibility index (Phi) is 8.43. The molecule has 0 amide bonds. The molecule has 2 aromatic rings. The Balaban J connectivity index is 1.75. The van der Waals surface area contributed by atoms with Crippen molar-refractivity contribution in [2.75, 3.05) is 6.61 Å².